The average Bonchev–Trinajstić information content (AvgIpc) is 2.54. The Balaban J connectivity index is 2.35. The number of nitriles is 1. The highest BCUT2D eigenvalue weighted by atomic mass is 79.9. The number of ether oxygens (including phenoxy) is 2. The molecule has 0 amide bonds. The van der Waals surface area contributed by atoms with Gasteiger partial charge in [-0.05, 0) is 34.1 Å². The van der Waals surface area contributed by atoms with Gasteiger partial charge in [0.25, 0.3) is 0 Å². The highest BCUT2D eigenvalue weighted by Crippen LogP contribution is 2.37. The predicted octanol–water partition coefficient (Wildman–Crippen LogP) is 3.75. The Bertz CT molecular complexity index is 934. The molecular weight excluding hydrogens is 464 g/mol. The number of benzene rings is 1. The Morgan fingerprint density at radius 3 is 2.32 bits per heavy atom. The minimum absolute atomic E-state index is 0.0321. The molecule has 0 spiro atoms. The largest absolute Gasteiger partial charge is 0.525 e. The number of aromatic nitrogens is 2. The van der Waals surface area contributed by atoms with Crippen molar-refractivity contribution >= 4 is 27.7 Å². The highest BCUT2D eigenvalue weighted by Gasteiger charge is 2.50. The summed E-state index contributed by atoms with van der Waals surface area (Å²) in [6.07, 6.45) is -14.7. The Kier molecular flexibility index (Phi) is 5.90. The number of nitrogen functional groups attached to an aromatic ring is 2. The number of halogens is 7. The van der Waals surface area contributed by atoms with Crippen LogP contribution in [-0.2, 0) is 4.74 Å². The van der Waals surface area contributed by atoms with E-state index in [-0.39, 0.29) is 33.1 Å². The number of nitrogens with zero attached hydrogens (tertiary/aromatic N) is 3. The van der Waals surface area contributed by atoms with Crippen LogP contribution in [0.4, 0.5) is 38.1 Å². The summed E-state index contributed by atoms with van der Waals surface area (Å²) in [5.41, 5.74) is 11.0. The predicted molar refractivity (Wildman–Crippen MR) is 86.3 cm³/mol. The van der Waals surface area contributed by atoms with E-state index in [0.717, 1.165) is 18.2 Å². The minimum Gasteiger partial charge on any atom is -0.427 e. The molecule has 28 heavy (non-hydrogen) atoms. The average molecular weight is 472 g/mol. The molecule has 1 unspecified atom stereocenters. The molecule has 2 rings (SSSR count). The molecule has 14 heteroatoms. The van der Waals surface area contributed by atoms with Crippen LogP contribution in [0.1, 0.15) is 5.56 Å². The zero-order valence-electron chi connectivity index (χ0n) is 13.3. The maximum atomic E-state index is 13.5. The van der Waals surface area contributed by atoms with Crippen molar-refractivity contribution in [3.8, 4) is 23.1 Å². The van der Waals surface area contributed by atoms with Crippen molar-refractivity contribution < 1.29 is 35.8 Å². The van der Waals surface area contributed by atoms with Gasteiger partial charge in [-0.3, -0.25) is 0 Å². The summed E-state index contributed by atoms with van der Waals surface area (Å²) in [5.74, 6) is -1.20. The van der Waals surface area contributed by atoms with E-state index in [2.05, 4.69) is 35.4 Å². The molecular formula is C14H8BrF6N5O2. The van der Waals surface area contributed by atoms with E-state index < -0.39 is 24.6 Å². The molecule has 0 bridgehead atoms. The molecule has 7 nitrogen and oxygen atoms in total. The molecule has 150 valence electrons. The molecule has 0 aliphatic heterocycles. The van der Waals surface area contributed by atoms with Crippen LogP contribution in [0, 0.1) is 11.3 Å². The third kappa shape index (κ3) is 4.93. The van der Waals surface area contributed by atoms with Gasteiger partial charge < -0.3 is 16.2 Å². The van der Waals surface area contributed by atoms with Crippen LogP contribution < -0.4 is 16.2 Å². The van der Waals surface area contributed by atoms with Gasteiger partial charge in [0.05, 0.1) is 10.2 Å². The van der Waals surface area contributed by atoms with Crippen LogP contribution in [0.15, 0.2) is 22.7 Å². The fourth-order valence-electron chi connectivity index (χ4n) is 1.92. The first-order valence-electron chi connectivity index (χ1n) is 6.92. The molecule has 1 heterocycles. The molecule has 1 aromatic heterocycles. The van der Waals surface area contributed by atoms with Gasteiger partial charge in [-0.2, -0.15) is 19.0 Å². The van der Waals surface area contributed by atoms with Crippen molar-refractivity contribution in [3.05, 3.63) is 28.2 Å². The standard InChI is InChI=1S/C14H8BrF6N5O2/c15-7-3-5(9-6(4-22)10(23)26-12(24)25-9)1-2-8(7)27-13(17,18)11(16)28-14(19,20)21/h1-3,11H,(H4,23,24,25,26). The van der Waals surface area contributed by atoms with E-state index in [9.17, 15) is 26.3 Å². The van der Waals surface area contributed by atoms with Gasteiger partial charge in [0, 0.05) is 5.56 Å². The van der Waals surface area contributed by atoms with Gasteiger partial charge in [-0.1, -0.05) is 0 Å². The fraction of sp³-hybridized carbons (Fsp3) is 0.214. The van der Waals surface area contributed by atoms with E-state index in [1.54, 1.807) is 6.07 Å². The van der Waals surface area contributed by atoms with Gasteiger partial charge in [0.2, 0.25) is 5.95 Å². The maximum absolute atomic E-state index is 13.5. The second-order valence-corrected chi connectivity index (χ2v) is 5.85. The van der Waals surface area contributed by atoms with Gasteiger partial charge >= 0.3 is 18.8 Å². The lowest BCUT2D eigenvalue weighted by Crippen LogP contribution is -2.41. The van der Waals surface area contributed by atoms with Crippen molar-refractivity contribution in [2.45, 2.75) is 18.8 Å². The number of hydrogen-bond donors (Lipinski definition) is 2. The molecule has 0 fully saturated rings. The van der Waals surface area contributed by atoms with E-state index in [0.29, 0.717) is 0 Å². The zero-order valence-corrected chi connectivity index (χ0v) is 14.9. The minimum atomic E-state index is -5.63. The number of anilines is 2. The first-order valence-corrected chi connectivity index (χ1v) is 7.72. The van der Waals surface area contributed by atoms with Gasteiger partial charge in [0.1, 0.15) is 23.2 Å². The SMILES string of the molecule is N#Cc1c(N)nc(N)nc1-c1ccc(OC(F)(F)C(F)OC(F)(F)F)c(Br)c1. The molecule has 0 aliphatic carbocycles. The van der Waals surface area contributed by atoms with Crippen molar-refractivity contribution in [1.29, 1.82) is 5.26 Å². The monoisotopic (exact) mass is 471 g/mol. The maximum Gasteiger partial charge on any atom is 0.525 e. The van der Waals surface area contributed by atoms with Gasteiger partial charge in [-0.15, -0.1) is 13.2 Å². The van der Waals surface area contributed by atoms with E-state index >= 15 is 0 Å². The van der Waals surface area contributed by atoms with Gasteiger partial charge in [-0.25, -0.2) is 14.1 Å². The second-order valence-electron chi connectivity index (χ2n) is 4.99. The van der Waals surface area contributed by atoms with Crippen LogP contribution in [0.25, 0.3) is 11.3 Å². The molecule has 1 aromatic carbocycles. The fourth-order valence-corrected chi connectivity index (χ4v) is 2.38. The normalized spacial score (nSPS) is 13.1. The summed E-state index contributed by atoms with van der Waals surface area (Å²) < 4.78 is 82.3. The van der Waals surface area contributed by atoms with Crippen molar-refractivity contribution in [2.75, 3.05) is 11.5 Å². The Labute approximate surface area is 161 Å². The molecule has 4 N–H and O–H groups in total. The zero-order chi connectivity index (χ0) is 21.3. The van der Waals surface area contributed by atoms with Crippen LogP contribution in [-0.4, -0.2) is 28.8 Å². The lowest BCUT2D eigenvalue weighted by atomic mass is 10.1. The molecule has 0 saturated heterocycles. The summed E-state index contributed by atoms with van der Waals surface area (Å²) in [6.45, 7) is 0. The molecule has 2 aromatic rings. The Morgan fingerprint density at radius 1 is 1.14 bits per heavy atom. The van der Waals surface area contributed by atoms with Crippen LogP contribution in [0.2, 0.25) is 0 Å². The number of alkyl halides is 6. The van der Waals surface area contributed by atoms with Crippen LogP contribution >= 0.6 is 15.9 Å². The number of hydrogen-bond acceptors (Lipinski definition) is 7. The molecule has 0 saturated carbocycles. The summed E-state index contributed by atoms with van der Waals surface area (Å²) in [5, 5.41) is 9.15. The quantitative estimate of drug-likeness (QED) is 0.637. The van der Waals surface area contributed by atoms with E-state index in [1.807, 2.05) is 0 Å². The highest BCUT2D eigenvalue weighted by molar-refractivity contribution is 9.10. The molecule has 0 aliphatic rings. The molecule has 0 radical (unpaired) electrons. The summed E-state index contributed by atoms with van der Waals surface area (Å²) >= 11 is 2.86. The Hall–Kier alpha value is -2.79. The summed E-state index contributed by atoms with van der Waals surface area (Å²) in [4.78, 5) is 7.44. The van der Waals surface area contributed by atoms with E-state index in [4.69, 9.17) is 16.7 Å². The number of rotatable bonds is 5. The number of nitrogens with two attached hydrogens (primary N) is 2. The van der Waals surface area contributed by atoms with Gasteiger partial charge in [0.15, 0.2) is 0 Å². The van der Waals surface area contributed by atoms with Crippen LogP contribution in [0.3, 0.4) is 0 Å². The lowest BCUT2D eigenvalue weighted by Gasteiger charge is -2.22. The first kappa shape index (κ1) is 21.5. The van der Waals surface area contributed by atoms with Crippen molar-refractivity contribution in [1.82, 2.24) is 9.97 Å². The van der Waals surface area contributed by atoms with E-state index in [1.165, 1.54) is 0 Å². The third-order valence-corrected chi connectivity index (χ3v) is 3.64. The third-order valence-electron chi connectivity index (χ3n) is 3.02. The van der Waals surface area contributed by atoms with Crippen molar-refractivity contribution in [3.63, 3.8) is 0 Å². The Morgan fingerprint density at radius 2 is 1.79 bits per heavy atom. The lowest BCUT2D eigenvalue weighted by molar-refractivity contribution is -0.411. The smallest absolute Gasteiger partial charge is 0.427 e. The summed E-state index contributed by atoms with van der Waals surface area (Å²) in [7, 11) is 0. The van der Waals surface area contributed by atoms with Crippen LogP contribution in [0.5, 0.6) is 5.75 Å². The molecule has 1 atom stereocenters. The first-order chi connectivity index (χ1) is 12.8. The topological polar surface area (TPSA) is 120 Å². The summed E-state index contributed by atoms with van der Waals surface area (Å²) in [6, 6.07) is 4.88. The second kappa shape index (κ2) is 7.68. The van der Waals surface area contributed by atoms with Crippen molar-refractivity contribution in [2.24, 2.45) is 0 Å².